The highest BCUT2D eigenvalue weighted by molar-refractivity contribution is 6.22. The Morgan fingerprint density at radius 1 is 0.294 bits per heavy atom. The Labute approximate surface area is 295 Å². The Morgan fingerprint density at radius 3 is 1.41 bits per heavy atom. The van der Waals surface area contributed by atoms with Crippen LogP contribution in [0.5, 0.6) is 0 Å². The predicted octanol–water partition coefficient (Wildman–Crippen LogP) is 11.9. The van der Waals surface area contributed by atoms with E-state index in [2.05, 4.69) is 162 Å². The lowest BCUT2D eigenvalue weighted by molar-refractivity contribution is 1.07. The summed E-state index contributed by atoms with van der Waals surface area (Å²) in [6.45, 7) is 0. The van der Waals surface area contributed by atoms with Gasteiger partial charge in [0.25, 0.3) is 0 Å². The van der Waals surface area contributed by atoms with Crippen molar-refractivity contribution in [1.82, 2.24) is 19.4 Å². The molecule has 4 heteroatoms. The van der Waals surface area contributed by atoms with Crippen molar-refractivity contribution in [3.05, 3.63) is 182 Å². The van der Waals surface area contributed by atoms with Gasteiger partial charge >= 0.3 is 0 Å². The molecule has 3 aromatic heterocycles. The van der Waals surface area contributed by atoms with Crippen molar-refractivity contribution in [2.24, 2.45) is 0 Å². The Bertz CT molecular complexity index is 2880. The maximum Gasteiger partial charge on any atom is 0.164 e. The van der Waals surface area contributed by atoms with E-state index in [1.54, 1.807) is 0 Å². The normalized spacial score (nSPS) is 11.5. The Hall–Kier alpha value is -6.91. The van der Waals surface area contributed by atoms with Gasteiger partial charge in [0.1, 0.15) is 0 Å². The molecule has 7 aromatic carbocycles. The van der Waals surface area contributed by atoms with Gasteiger partial charge in [-0.3, -0.25) is 0 Å². The molecule has 0 saturated heterocycles. The highest BCUT2D eigenvalue weighted by atomic mass is 15.0. The van der Waals surface area contributed by atoms with Crippen LogP contribution in [0.25, 0.3) is 94.5 Å². The van der Waals surface area contributed by atoms with E-state index in [9.17, 15) is 0 Å². The molecule has 238 valence electrons. The monoisotopic (exact) mass is 650 g/mol. The SMILES string of the molecule is c1ccc(-c2ccc(-c3nc(-c4ccccc4)nc(-c4ccc5c(-c6ccccc6)c6c7ccccc7c7ccccc7n6c5c4)n3)cc2)cc1. The molecule has 10 rings (SSSR count). The zero-order valence-electron chi connectivity index (χ0n) is 27.6. The summed E-state index contributed by atoms with van der Waals surface area (Å²) in [5.41, 5.74) is 11.0. The quantitative estimate of drug-likeness (QED) is 0.174. The minimum atomic E-state index is 0.634. The van der Waals surface area contributed by atoms with Gasteiger partial charge in [-0.2, -0.15) is 0 Å². The number of pyridine rings is 1. The number of benzene rings is 7. The molecule has 4 nitrogen and oxygen atoms in total. The van der Waals surface area contributed by atoms with Crippen LogP contribution in [0.2, 0.25) is 0 Å². The van der Waals surface area contributed by atoms with E-state index in [4.69, 9.17) is 15.0 Å². The average molecular weight is 651 g/mol. The Morgan fingerprint density at radius 2 is 0.745 bits per heavy atom. The second-order valence-electron chi connectivity index (χ2n) is 12.8. The molecule has 0 radical (unpaired) electrons. The van der Waals surface area contributed by atoms with Crippen molar-refractivity contribution < 1.29 is 0 Å². The van der Waals surface area contributed by atoms with Crippen LogP contribution in [-0.4, -0.2) is 19.4 Å². The summed E-state index contributed by atoms with van der Waals surface area (Å²) in [5, 5.41) is 4.87. The summed E-state index contributed by atoms with van der Waals surface area (Å²) in [5.74, 6) is 1.92. The first-order valence-corrected chi connectivity index (χ1v) is 17.2. The molecular formula is C47H30N4. The van der Waals surface area contributed by atoms with E-state index >= 15 is 0 Å². The highest BCUT2D eigenvalue weighted by Gasteiger charge is 2.21. The molecule has 0 N–H and O–H groups in total. The maximum absolute atomic E-state index is 5.13. The van der Waals surface area contributed by atoms with Crippen LogP contribution >= 0.6 is 0 Å². The lowest BCUT2D eigenvalue weighted by Gasteiger charge is -2.11. The van der Waals surface area contributed by atoms with E-state index in [1.807, 2.05) is 24.3 Å². The molecular weight excluding hydrogens is 621 g/mol. The van der Waals surface area contributed by atoms with Crippen molar-refractivity contribution in [3.63, 3.8) is 0 Å². The molecule has 3 heterocycles. The van der Waals surface area contributed by atoms with Crippen LogP contribution in [0.15, 0.2) is 182 Å². The van der Waals surface area contributed by atoms with Gasteiger partial charge in [-0.15, -0.1) is 0 Å². The summed E-state index contributed by atoms with van der Waals surface area (Å²) >= 11 is 0. The van der Waals surface area contributed by atoms with E-state index in [-0.39, 0.29) is 0 Å². The smallest absolute Gasteiger partial charge is 0.164 e. The topological polar surface area (TPSA) is 43.1 Å². The summed E-state index contributed by atoms with van der Waals surface area (Å²) in [7, 11) is 0. The van der Waals surface area contributed by atoms with Crippen LogP contribution in [-0.2, 0) is 0 Å². The van der Waals surface area contributed by atoms with Crippen molar-refractivity contribution in [3.8, 4) is 56.4 Å². The molecule has 0 bridgehead atoms. The van der Waals surface area contributed by atoms with Crippen molar-refractivity contribution in [2.75, 3.05) is 0 Å². The minimum Gasteiger partial charge on any atom is -0.308 e. The lowest BCUT2D eigenvalue weighted by atomic mass is 9.98. The first-order valence-electron chi connectivity index (χ1n) is 17.2. The van der Waals surface area contributed by atoms with Crippen LogP contribution in [0.3, 0.4) is 0 Å². The van der Waals surface area contributed by atoms with E-state index in [0.29, 0.717) is 17.5 Å². The minimum absolute atomic E-state index is 0.634. The molecule has 0 unspecified atom stereocenters. The fourth-order valence-corrected chi connectivity index (χ4v) is 7.44. The summed E-state index contributed by atoms with van der Waals surface area (Å²) < 4.78 is 2.43. The van der Waals surface area contributed by atoms with Gasteiger partial charge in [-0.05, 0) is 34.2 Å². The van der Waals surface area contributed by atoms with Gasteiger partial charge in [0.15, 0.2) is 17.5 Å². The molecule has 0 aliphatic carbocycles. The third kappa shape index (κ3) is 4.88. The standard InChI is InChI=1S/C47H30N4/c1-4-14-31(15-5-1)32-24-26-35(27-25-32)46-48-45(34-18-8-3-9-19-34)49-47(50-46)36-28-29-40-42(30-36)51-41-23-13-12-21-38(41)37-20-10-11-22-39(37)44(51)43(40)33-16-6-2-7-17-33/h1-30H. The molecule has 0 aliphatic heterocycles. The van der Waals surface area contributed by atoms with Gasteiger partial charge in [-0.1, -0.05) is 170 Å². The zero-order valence-corrected chi connectivity index (χ0v) is 27.6. The Balaban J connectivity index is 1.23. The number of fused-ring (bicyclic) bond motifs is 8. The highest BCUT2D eigenvalue weighted by Crippen LogP contribution is 2.43. The molecule has 0 saturated carbocycles. The number of nitrogens with zero attached hydrogens (tertiary/aromatic N) is 4. The molecule has 0 atom stereocenters. The average Bonchev–Trinajstić information content (AvgIpc) is 3.57. The van der Waals surface area contributed by atoms with Gasteiger partial charge in [0.2, 0.25) is 0 Å². The van der Waals surface area contributed by atoms with Gasteiger partial charge in [0, 0.05) is 38.4 Å². The van der Waals surface area contributed by atoms with Crippen LogP contribution in [0.4, 0.5) is 0 Å². The van der Waals surface area contributed by atoms with Crippen molar-refractivity contribution in [1.29, 1.82) is 0 Å². The maximum atomic E-state index is 5.13. The summed E-state index contributed by atoms with van der Waals surface area (Å²) in [6.07, 6.45) is 0. The molecule has 0 fully saturated rings. The molecule has 10 aromatic rings. The number of rotatable bonds is 5. The summed E-state index contributed by atoms with van der Waals surface area (Å²) in [6, 6.07) is 63.9. The predicted molar refractivity (Wildman–Crippen MR) is 210 cm³/mol. The summed E-state index contributed by atoms with van der Waals surface area (Å²) in [4.78, 5) is 15.2. The number of hydrogen-bond donors (Lipinski definition) is 0. The van der Waals surface area contributed by atoms with Gasteiger partial charge in [-0.25, -0.2) is 15.0 Å². The first kappa shape index (κ1) is 29.0. The second kappa shape index (κ2) is 11.9. The fraction of sp³-hybridized carbons (Fsp3) is 0. The van der Waals surface area contributed by atoms with Crippen LogP contribution < -0.4 is 0 Å². The van der Waals surface area contributed by atoms with E-state index in [0.717, 1.165) is 33.3 Å². The van der Waals surface area contributed by atoms with E-state index < -0.39 is 0 Å². The first-order chi connectivity index (χ1) is 25.3. The Kier molecular flexibility index (Phi) is 6.78. The molecule has 0 aliphatic rings. The number of hydrogen-bond acceptors (Lipinski definition) is 3. The van der Waals surface area contributed by atoms with Crippen LogP contribution in [0.1, 0.15) is 0 Å². The largest absolute Gasteiger partial charge is 0.308 e. The van der Waals surface area contributed by atoms with Crippen molar-refractivity contribution >= 4 is 38.1 Å². The van der Waals surface area contributed by atoms with Crippen molar-refractivity contribution in [2.45, 2.75) is 0 Å². The fourth-order valence-electron chi connectivity index (χ4n) is 7.44. The molecule has 0 amide bonds. The third-order valence-corrected chi connectivity index (χ3v) is 9.82. The van der Waals surface area contributed by atoms with Gasteiger partial charge in [0.05, 0.1) is 16.6 Å². The third-order valence-electron chi connectivity index (χ3n) is 9.82. The number of aromatic nitrogens is 4. The van der Waals surface area contributed by atoms with Crippen LogP contribution in [0, 0.1) is 0 Å². The second-order valence-corrected chi connectivity index (χ2v) is 12.8. The van der Waals surface area contributed by atoms with Gasteiger partial charge < -0.3 is 4.40 Å². The molecule has 0 spiro atoms. The molecule has 51 heavy (non-hydrogen) atoms. The zero-order chi connectivity index (χ0) is 33.7. The lowest BCUT2D eigenvalue weighted by Crippen LogP contribution is -2.00. The van der Waals surface area contributed by atoms with E-state index in [1.165, 1.54) is 43.8 Å². The number of para-hydroxylation sites is 1.